The van der Waals surface area contributed by atoms with Crippen molar-refractivity contribution >= 4 is 11.6 Å². The molecule has 36 heavy (non-hydrogen) atoms. The van der Waals surface area contributed by atoms with Crippen molar-refractivity contribution in [2.75, 3.05) is 25.5 Å². The highest BCUT2D eigenvalue weighted by Crippen LogP contribution is 2.41. The van der Waals surface area contributed by atoms with Gasteiger partial charge in [0.15, 0.2) is 6.29 Å². The third-order valence-corrected chi connectivity index (χ3v) is 6.42. The van der Waals surface area contributed by atoms with Crippen LogP contribution in [0.15, 0.2) is 85.7 Å². The molecule has 2 heterocycles. The molecule has 0 unspecified atom stereocenters. The number of benzene rings is 2. The number of ether oxygens (including phenoxy) is 2. The lowest BCUT2D eigenvalue weighted by Crippen LogP contribution is -2.43. The number of aliphatic hydroxyl groups is 1. The molecule has 2 N–H and O–H groups in total. The van der Waals surface area contributed by atoms with Crippen molar-refractivity contribution < 1.29 is 19.4 Å². The first-order valence-electron chi connectivity index (χ1n) is 12.1. The topological polar surface area (TPSA) is 83.9 Å². The van der Waals surface area contributed by atoms with Gasteiger partial charge in [0.1, 0.15) is 0 Å². The van der Waals surface area contributed by atoms with Crippen LogP contribution in [0.2, 0.25) is 0 Å². The van der Waals surface area contributed by atoms with Gasteiger partial charge in [-0.05, 0) is 42.4 Å². The molecule has 0 bridgehead atoms. The van der Waals surface area contributed by atoms with Gasteiger partial charge in [0.2, 0.25) is 0 Å². The van der Waals surface area contributed by atoms with Gasteiger partial charge in [0, 0.05) is 42.7 Å². The Morgan fingerprint density at radius 3 is 2.47 bits per heavy atom. The van der Waals surface area contributed by atoms with Crippen molar-refractivity contribution in [1.29, 1.82) is 0 Å². The second-order valence-electron chi connectivity index (χ2n) is 9.15. The number of carbonyl (C=O) groups excluding carboxylic acids is 1. The SMILES string of the molecule is C=CCN(C)C[C@@H]1O[C@H](c2ccc(NC(=O)c3cccnc3)cc2)O[C@H](c2ccc(CO)cc2)[C@@H]1C. The van der Waals surface area contributed by atoms with Gasteiger partial charge in [0.05, 0.1) is 24.4 Å². The molecule has 1 aliphatic rings. The third kappa shape index (κ3) is 6.25. The number of hydrogen-bond acceptors (Lipinski definition) is 6. The van der Waals surface area contributed by atoms with E-state index >= 15 is 0 Å². The van der Waals surface area contributed by atoms with Crippen LogP contribution in [-0.4, -0.2) is 47.1 Å². The number of aromatic nitrogens is 1. The smallest absolute Gasteiger partial charge is 0.257 e. The van der Waals surface area contributed by atoms with Crippen LogP contribution in [0, 0.1) is 5.92 Å². The summed E-state index contributed by atoms with van der Waals surface area (Å²) < 4.78 is 12.9. The Balaban J connectivity index is 1.53. The van der Waals surface area contributed by atoms with Gasteiger partial charge in [-0.3, -0.25) is 9.78 Å². The van der Waals surface area contributed by atoms with E-state index in [4.69, 9.17) is 9.47 Å². The van der Waals surface area contributed by atoms with E-state index in [0.29, 0.717) is 11.3 Å². The zero-order valence-corrected chi connectivity index (χ0v) is 20.7. The number of rotatable bonds is 9. The van der Waals surface area contributed by atoms with Gasteiger partial charge in [-0.25, -0.2) is 0 Å². The number of nitrogens with one attached hydrogen (secondary N) is 1. The van der Waals surface area contributed by atoms with Gasteiger partial charge in [0.25, 0.3) is 5.91 Å². The average molecular weight is 488 g/mol. The number of pyridine rings is 1. The number of likely N-dealkylation sites (N-methyl/N-ethyl adjacent to an activating group) is 1. The lowest BCUT2D eigenvalue weighted by atomic mass is 9.90. The van der Waals surface area contributed by atoms with Crippen LogP contribution in [-0.2, 0) is 16.1 Å². The zero-order chi connectivity index (χ0) is 25.5. The molecule has 4 rings (SSSR count). The van der Waals surface area contributed by atoms with Gasteiger partial charge in [-0.15, -0.1) is 6.58 Å². The maximum Gasteiger partial charge on any atom is 0.257 e. The summed E-state index contributed by atoms with van der Waals surface area (Å²) in [5, 5.41) is 12.3. The zero-order valence-electron chi connectivity index (χ0n) is 20.7. The van der Waals surface area contributed by atoms with E-state index in [0.717, 1.165) is 29.8 Å². The van der Waals surface area contributed by atoms with E-state index in [2.05, 4.69) is 28.7 Å². The molecule has 7 nitrogen and oxygen atoms in total. The molecule has 2 aromatic carbocycles. The van der Waals surface area contributed by atoms with Crippen molar-refractivity contribution in [1.82, 2.24) is 9.88 Å². The molecule has 1 saturated heterocycles. The highest BCUT2D eigenvalue weighted by Gasteiger charge is 2.38. The minimum atomic E-state index is -0.561. The lowest BCUT2D eigenvalue weighted by molar-refractivity contribution is -0.275. The van der Waals surface area contributed by atoms with Crippen molar-refractivity contribution in [3.63, 3.8) is 0 Å². The Morgan fingerprint density at radius 1 is 1.11 bits per heavy atom. The molecule has 1 fully saturated rings. The summed E-state index contributed by atoms with van der Waals surface area (Å²) in [5.41, 5.74) is 3.95. The molecular formula is C29H33N3O4. The summed E-state index contributed by atoms with van der Waals surface area (Å²) in [7, 11) is 2.05. The van der Waals surface area contributed by atoms with Crippen molar-refractivity contribution in [2.24, 2.45) is 5.92 Å². The Morgan fingerprint density at radius 2 is 1.83 bits per heavy atom. The summed E-state index contributed by atoms with van der Waals surface area (Å²) in [6.07, 6.45) is 4.24. The van der Waals surface area contributed by atoms with Crippen LogP contribution in [0.4, 0.5) is 5.69 Å². The van der Waals surface area contributed by atoms with Gasteiger partial charge in [-0.2, -0.15) is 0 Å². The summed E-state index contributed by atoms with van der Waals surface area (Å²) in [6, 6.07) is 18.8. The first kappa shape index (κ1) is 25.7. The standard InChI is InChI=1S/C29H33N3O4/c1-4-16-32(3)18-26-20(2)27(22-9-7-21(19-33)8-10-22)36-29(35-26)23-11-13-25(14-12-23)31-28(34)24-6-5-15-30-17-24/h4-15,17,20,26-27,29,33H,1,16,18-19H2,2-3H3,(H,31,34)/t20-,26+,27+,29+/m1/s1. The number of amides is 1. The Bertz CT molecular complexity index is 1140. The molecule has 0 spiro atoms. The van der Waals surface area contributed by atoms with E-state index in [1.54, 1.807) is 18.3 Å². The molecule has 0 aliphatic carbocycles. The quantitative estimate of drug-likeness (QED) is 0.425. The predicted molar refractivity (Wildman–Crippen MR) is 139 cm³/mol. The molecule has 3 aromatic rings. The summed E-state index contributed by atoms with van der Waals surface area (Å²) in [6.45, 7) is 7.49. The third-order valence-electron chi connectivity index (χ3n) is 6.42. The molecule has 188 valence electrons. The van der Waals surface area contributed by atoms with Crippen molar-refractivity contribution in [3.8, 4) is 0 Å². The monoisotopic (exact) mass is 487 g/mol. The lowest BCUT2D eigenvalue weighted by Gasteiger charge is -2.42. The van der Waals surface area contributed by atoms with Crippen LogP contribution in [0.3, 0.4) is 0 Å². The molecule has 7 heteroatoms. The fourth-order valence-electron chi connectivity index (χ4n) is 4.35. The fourth-order valence-corrected chi connectivity index (χ4v) is 4.35. The largest absolute Gasteiger partial charge is 0.392 e. The maximum atomic E-state index is 12.5. The summed E-state index contributed by atoms with van der Waals surface area (Å²) in [5.74, 6) is -0.113. The van der Waals surface area contributed by atoms with E-state index in [9.17, 15) is 9.90 Å². The Labute approximate surface area is 212 Å². The second kappa shape index (κ2) is 12.1. The first-order valence-corrected chi connectivity index (χ1v) is 12.1. The van der Waals surface area contributed by atoms with Crippen LogP contribution in [0.1, 0.15) is 46.4 Å². The molecule has 1 aliphatic heterocycles. The van der Waals surface area contributed by atoms with E-state index in [1.165, 1.54) is 6.20 Å². The summed E-state index contributed by atoms with van der Waals surface area (Å²) in [4.78, 5) is 18.6. The number of carbonyl (C=O) groups is 1. The predicted octanol–water partition coefficient (Wildman–Crippen LogP) is 4.74. The van der Waals surface area contributed by atoms with E-state index in [1.807, 2.05) is 61.7 Å². The molecule has 4 atom stereocenters. The van der Waals surface area contributed by atoms with Crippen molar-refractivity contribution in [2.45, 2.75) is 32.0 Å². The highest BCUT2D eigenvalue weighted by atomic mass is 16.7. The average Bonchev–Trinajstić information content (AvgIpc) is 2.91. The van der Waals surface area contributed by atoms with E-state index in [-0.39, 0.29) is 30.6 Å². The fraction of sp³-hybridized carbons (Fsp3) is 0.310. The number of hydrogen-bond donors (Lipinski definition) is 2. The highest BCUT2D eigenvalue weighted by molar-refractivity contribution is 6.03. The van der Waals surface area contributed by atoms with Crippen molar-refractivity contribution in [3.05, 3.63) is 108 Å². The van der Waals surface area contributed by atoms with Crippen LogP contribution in [0.25, 0.3) is 0 Å². The Hall–Kier alpha value is -3.36. The second-order valence-corrected chi connectivity index (χ2v) is 9.15. The molecule has 1 amide bonds. The minimum Gasteiger partial charge on any atom is -0.392 e. The van der Waals surface area contributed by atoms with E-state index < -0.39 is 6.29 Å². The van der Waals surface area contributed by atoms with Crippen LogP contribution >= 0.6 is 0 Å². The first-order chi connectivity index (χ1) is 17.5. The summed E-state index contributed by atoms with van der Waals surface area (Å²) >= 11 is 0. The number of nitrogens with zero attached hydrogens (tertiary/aromatic N) is 2. The molecule has 0 saturated carbocycles. The van der Waals surface area contributed by atoms with Crippen LogP contribution in [0.5, 0.6) is 0 Å². The minimum absolute atomic E-state index is 0.00569. The number of anilines is 1. The Kier molecular flexibility index (Phi) is 8.61. The molecule has 1 aromatic heterocycles. The van der Waals surface area contributed by atoms with Gasteiger partial charge < -0.3 is 24.8 Å². The van der Waals surface area contributed by atoms with Crippen LogP contribution < -0.4 is 5.32 Å². The molecule has 0 radical (unpaired) electrons. The number of aliphatic hydroxyl groups excluding tert-OH is 1. The van der Waals surface area contributed by atoms with Gasteiger partial charge >= 0.3 is 0 Å². The maximum absolute atomic E-state index is 12.5. The molecular weight excluding hydrogens is 454 g/mol. The van der Waals surface area contributed by atoms with Gasteiger partial charge in [-0.1, -0.05) is 49.4 Å². The normalized spacial score (nSPS) is 21.8.